The van der Waals surface area contributed by atoms with E-state index in [0.717, 1.165) is 29.9 Å². The average Bonchev–Trinajstić information content (AvgIpc) is 3.36. The molecule has 0 unspecified atom stereocenters. The lowest BCUT2D eigenvalue weighted by Gasteiger charge is -2.21. The number of sulfonamides is 1. The summed E-state index contributed by atoms with van der Waals surface area (Å²) in [4.78, 5) is 14.3. The molecule has 0 radical (unpaired) electrons. The van der Waals surface area contributed by atoms with Crippen LogP contribution in [-0.2, 0) is 30.8 Å². The Kier molecular flexibility index (Phi) is 8.93. The van der Waals surface area contributed by atoms with Crippen LogP contribution in [0.5, 0.6) is 5.75 Å². The van der Waals surface area contributed by atoms with E-state index in [-0.39, 0.29) is 30.6 Å². The summed E-state index contributed by atoms with van der Waals surface area (Å²) >= 11 is 0. The van der Waals surface area contributed by atoms with Gasteiger partial charge in [0.1, 0.15) is 18.1 Å². The summed E-state index contributed by atoms with van der Waals surface area (Å²) in [6.45, 7) is 4.77. The molecule has 0 saturated carbocycles. The zero-order valence-electron chi connectivity index (χ0n) is 21.0. The van der Waals surface area contributed by atoms with E-state index in [1.807, 2.05) is 24.3 Å². The average molecular weight is 503 g/mol. The third-order valence-corrected chi connectivity index (χ3v) is 8.07. The van der Waals surface area contributed by atoms with Crippen LogP contribution in [0.25, 0.3) is 5.76 Å². The van der Waals surface area contributed by atoms with Crippen LogP contribution in [0.1, 0.15) is 28.7 Å². The van der Waals surface area contributed by atoms with Gasteiger partial charge in [-0.15, -0.1) is 0 Å². The number of hydrogen-bond acceptors (Lipinski definition) is 6. The first-order chi connectivity index (χ1) is 16.6. The van der Waals surface area contributed by atoms with Gasteiger partial charge in [0.2, 0.25) is 15.9 Å². The molecule has 0 fully saturated rings. The Morgan fingerprint density at radius 2 is 1.74 bits per heavy atom. The second-order valence-corrected chi connectivity index (χ2v) is 10.6. The SMILES string of the molecule is COc1cc(C)c(S(=O)(=O)N(C)CCOCC(=O)N(C)Cc2ccc(C3=CCCO3)cc2)c(C)c1. The van der Waals surface area contributed by atoms with Crippen molar-refractivity contribution >= 4 is 21.7 Å². The Labute approximate surface area is 208 Å². The van der Waals surface area contributed by atoms with Crippen molar-refractivity contribution in [1.29, 1.82) is 0 Å². The lowest BCUT2D eigenvalue weighted by atomic mass is 10.1. The van der Waals surface area contributed by atoms with Crippen molar-refractivity contribution in [2.24, 2.45) is 0 Å². The summed E-state index contributed by atoms with van der Waals surface area (Å²) in [6, 6.07) is 11.3. The Hall–Kier alpha value is -2.88. The number of aryl methyl sites for hydroxylation is 2. The molecule has 35 heavy (non-hydrogen) atoms. The molecule has 0 spiro atoms. The summed E-state index contributed by atoms with van der Waals surface area (Å²) in [5.41, 5.74) is 3.26. The van der Waals surface area contributed by atoms with Crippen LogP contribution in [0, 0.1) is 13.8 Å². The summed E-state index contributed by atoms with van der Waals surface area (Å²) in [5.74, 6) is 1.34. The molecule has 2 aromatic rings. The van der Waals surface area contributed by atoms with E-state index in [1.54, 1.807) is 45.0 Å². The molecule has 0 aliphatic carbocycles. The predicted octanol–water partition coefficient (Wildman–Crippen LogP) is 3.37. The van der Waals surface area contributed by atoms with Crippen molar-refractivity contribution in [3.63, 3.8) is 0 Å². The minimum atomic E-state index is -3.70. The van der Waals surface area contributed by atoms with Crippen LogP contribution in [-0.4, -0.2) is 71.1 Å². The zero-order valence-corrected chi connectivity index (χ0v) is 21.9. The number of carbonyl (C=O) groups excluding carboxylic acids is 1. The maximum atomic E-state index is 13.1. The molecule has 0 atom stereocenters. The maximum absolute atomic E-state index is 13.1. The molecule has 0 N–H and O–H groups in total. The Morgan fingerprint density at radius 3 is 2.31 bits per heavy atom. The van der Waals surface area contributed by atoms with Gasteiger partial charge in [-0.1, -0.05) is 24.3 Å². The zero-order chi connectivity index (χ0) is 25.6. The molecule has 1 aliphatic rings. The van der Waals surface area contributed by atoms with Gasteiger partial charge in [-0.25, -0.2) is 8.42 Å². The number of likely N-dealkylation sites (N-methyl/N-ethyl adjacent to an activating group) is 2. The van der Waals surface area contributed by atoms with Crippen molar-refractivity contribution in [3.05, 3.63) is 64.7 Å². The molecule has 3 rings (SSSR count). The molecule has 2 aromatic carbocycles. The van der Waals surface area contributed by atoms with Crippen molar-refractivity contribution in [3.8, 4) is 5.75 Å². The lowest BCUT2D eigenvalue weighted by Crippen LogP contribution is -2.33. The predicted molar refractivity (Wildman–Crippen MR) is 135 cm³/mol. The fraction of sp³-hybridized carbons (Fsp3) is 0.423. The van der Waals surface area contributed by atoms with Crippen molar-refractivity contribution in [2.45, 2.75) is 31.7 Å². The van der Waals surface area contributed by atoms with Gasteiger partial charge >= 0.3 is 0 Å². The summed E-state index contributed by atoms with van der Waals surface area (Å²) in [6.07, 6.45) is 3.00. The van der Waals surface area contributed by atoms with Crippen LogP contribution in [0.2, 0.25) is 0 Å². The quantitative estimate of drug-likeness (QED) is 0.438. The monoisotopic (exact) mass is 502 g/mol. The number of benzene rings is 2. The van der Waals surface area contributed by atoms with Gasteiger partial charge in [-0.2, -0.15) is 4.31 Å². The number of hydrogen-bond donors (Lipinski definition) is 0. The van der Waals surface area contributed by atoms with Crippen LogP contribution >= 0.6 is 0 Å². The highest BCUT2D eigenvalue weighted by atomic mass is 32.2. The second-order valence-electron chi connectivity index (χ2n) is 8.62. The smallest absolute Gasteiger partial charge is 0.248 e. The van der Waals surface area contributed by atoms with Gasteiger partial charge in [0, 0.05) is 39.2 Å². The minimum absolute atomic E-state index is 0.105. The maximum Gasteiger partial charge on any atom is 0.248 e. The van der Waals surface area contributed by atoms with E-state index in [4.69, 9.17) is 14.2 Å². The normalized spacial score (nSPS) is 13.5. The molecular formula is C26H34N2O6S. The van der Waals surface area contributed by atoms with Crippen molar-refractivity contribution in [1.82, 2.24) is 9.21 Å². The van der Waals surface area contributed by atoms with E-state index in [9.17, 15) is 13.2 Å². The highest BCUT2D eigenvalue weighted by Gasteiger charge is 2.25. The Balaban J connectivity index is 1.47. The molecule has 1 aliphatic heterocycles. The second kappa shape index (κ2) is 11.7. The highest BCUT2D eigenvalue weighted by Crippen LogP contribution is 2.27. The highest BCUT2D eigenvalue weighted by molar-refractivity contribution is 7.89. The largest absolute Gasteiger partial charge is 0.497 e. The number of ether oxygens (including phenoxy) is 3. The summed E-state index contributed by atoms with van der Waals surface area (Å²) in [5, 5.41) is 0. The third-order valence-electron chi connectivity index (χ3n) is 5.90. The number of methoxy groups -OCH3 is 1. The van der Waals surface area contributed by atoms with Crippen LogP contribution < -0.4 is 4.74 Å². The molecule has 190 valence electrons. The molecular weight excluding hydrogens is 468 g/mol. The van der Waals surface area contributed by atoms with E-state index in [0.29, 0.717) is 23.4 Å². The van der Waals surface area contributed by atoms with Gasteiger partial charge in [-0.3, -0.25) is 4.79 Å². The number of rotatable bonds is 11. The van der Waals surface area contributed by atoms with Gasteiger partial charge in [0.15, 0.2) is 0 Å². The Bertz CT molecular complexity index is 1150. The first kappa shape index (κ1) is 26.7. The lowest BCUT2D eigenvalue weighted by molar-refractivity contribution is -0.135. The first-order valence-electron chi connectivity index (χ1n) is 11.5. The standard InChI is InChI=1S/C26H34N2O6S/c1-19-15-23(32-5)16-20(2)26(19)35(30,31)28(4)12-14-33-18-25(29)27(3)17-21-8-10-22(11-9-21)24-7-6-13-34-24/h7-11,15-16H,6,12-14,17-18H2,1-5H3. The van der Waals surface area contributed by atoms with Crippen molar-refractivity contribution in [2.75, 3.05) is 47.6 Å². The van der Waals surface area contributed by atoms with Crippen LogP contribution in [0.4, 0.5) is 0 Å². The minimum Gasteiger partial charge on any atom is -0.497 e. The van der Waals surface area contributed by atoms with E-state index >= 15 is 0 Å². The Morgan fingerprint density at radius 1 is 1.09 bits per heavy atom. The number of nitrogens with zero attached hydrogens (tertiary/aromatic N) is 2. The van der Waals surface area contributed by atoms with Gasteiger partial charge in [0.25, 0.3) is 0 Å². The molecule has 8 nitrogen and oxygen atoms in total. The van der Waals surface area contributed by atoms with Gasteiger partial charge in [-0.05, 0) is 48.7 Å². The molecule has 9 heteroatoms. The third kappa shape index (κ3) is 6.62. The van der Waals surface area contributed by atoms with Gasteiger partial charge in [0.05, 0.1) is 25.2 Å². The topological polar surface area (TPSA) is 85.4 Å². The summed E-state index contributed by atoms with van der Waals surface area (Å²) < 4.78 is 43.7. The number of amides is 1. The number of carbonyl (C=O) groups is 1. The molecule has 0 bridgehead atoms. The van der Waals surface area contributed by atoms with Crippen LogP contribution in [0.3, 0.4) is 0 Å². The molecule has 1 heterocycles. The van der Waals surface area contributed by atoms with E-state index < -0.39 is 10.0 Å². The van der Waals surface area contributed by atoms with E-state index in [1.165, 1.54) is 11.4 Å². The first-order valence-corrected chi connectivity index (χ1v) is 12.9. The summed E-state index contributed by atoms with van der Waals surface area (Å²) in [7, 11) is 1.07. The van der Waals surface area contributed by atoms with E-state index in [2.05, 4.69) is 6.08 Å². The molecule has 1 amide bonds. The van der Waals surface area contributed by atoms with Crippen LogP contribution in [0.15, 0.2) is 47.4 Å². The fourth-order valence-corrected chi connectivity index (χ4v) is 5.49. The van der Waals surface area contributed by atoms with Crippen molar-refractivity contribution < 1.29 is 27.4 Å². The molecule has 0 saturated heterocycles. The fourth-order valence-electron chi connectivity index (χ4n) is 3.93. The molecule has 0 aromatic heterocycles. The van der Waals surface area contributed by atoms with Gasteiger partial charge < -0.3 is 19.1 Å².